The fourth-order valence-corrected chi connectivity index (χ4v) is 2.88. The number of carbonyl (C=O) groups excluding carboxylic acids is 1. The molecule has 114 valence electrons. The summed E-state index contributed by atoms with van der Waals surface area (Å²) in [5.74, 6) is 1.37. The van der Waals surface area contributed by atoms with Crippen LogP contribution >= 0.6 is 0 Å². The molecule has 2 aromatic carbocycles. The molecule has 4 rings (SSSR count). The summed E-state index contributed by atoms with van der Waals surface area (Å²) >= 11 is 0. The first-order valence-corrected chi connectivity index (χ1v) is 7.53. The molecule has 0 unspecified atom stereocenters. The van der Waals surface area contributed by atoms with Crippen molar-refractivity contribution in [2.24, 2.45) is 0 Å². The van der Waals surface area contributed by atoms with Crippen LogP contribution in [0.1, 0.15) is 16.1 Å². The van der Waals surface area contributed by atoms with Gasteiger partial charge in [0.15, 0.2) is 17.2 Å². The molecule has 4 nitrogen and oxygen atoms in total. The monoisotopic (exact) mass is 306 g/mol. The molecule has 3 aromatic rings. The number of aryl methyl sites for hydroxylation is 1. The molecular formula is C19H16NO3+. The second-order valence-electron chi connectivity index (χ2n) is 5.61. The fourth-order valence-electron chi connectivity index (χ4n) is 2.88. The molecule has 0 fully saturated rings. The zero-order valence-corrected chi connectivity index (χ0v) is 12.8. The molecule has 0 atom stereocenters. The van der Waals surface area contributed by atoms with E-state index in [9.17, 15) is 4.79 Å². The number of benzene rings is 2. The number of Topliss-reactive ketones (excluding diaryl/α,β-unsaturated/α-hetero) is 1. The topological polar surface area (TPSA) is 39.4 Å². The summed E-state index contributed by atoms with van der Waals surface area (Å²) in [6.45, 7) is 2.52. The molecule has 0 aliphatic carbocycles. The van der Waals surface area contributed by atoms with Crippen molar-refractivity contribution >= 4 is 16.7 Å². The molecule has 4 heteroatoms. The molecule has 0 radical (unpaired) electrons. The van der Waals surface area contributed by atoms with Crippen LogP contribution in [0.3, 0.4) is 0 Å². The van der Waals surface area contributed by atoms with Gasteiger partial charge in [-0.2, -0.15) is 4.57 Å². The first kappa shape index (κ1) is 13.8. The Labute approximate surface area is 133 Å². The fraction of sp³-hybridized carbons (Fsp3) is 0.158. The second-order valence-corrected chi connectivity index (χ2v) is 5.61. The molecule has 1 aliphatic heterocycles. The van der Waals surface area contributed by atoms with E-state index >= 15 is 0 Å². The number of carbonyl (C=O) groups is 1. The van der Waals surface area contributed by atoms with E-state index in [1.54, 1.807) is 18.2 Å². The van der Waals surface area contributed by atoms with Crippen molar-refractivity contribution in [3.05, 3.63) is 65.9 Å². The quantitative estimate of drug-likeness (QED) is 0.551. The minimum atomic E-state index is 0.0488. The number of hydrogen-bond donors (Lipinski definition) is 0. The summed E-state index contributed by atoms with van der Waals surface area (Å²) in [6.07, 6.45) is 0. The zero-order valence-electron chi connectivity index (χ0n) is 12.8. The molecule has 0 saturated heterocycles. The predicted molar refractivity (Wildman–Crippen MR) is 85.8 cm³/mol. The smallest absolute Gasteiger partial charge is 0.231 e. The molecule has 0 saturated carbocycles. The lowest BCUT2D eigenvalue weighted by Gasteiger charge is -2.05. The molecule has 0 bridgehead atoms. The van der Waals surface area contributed by atoms with Crippen molar-refractivity contribution in [3.8, 4) is 11.5 Å². The first-order valence-electron chi connectivity index (χ1n) is 7.53. The Morgan fingerprint density at radius 3 is 2.78 bits per heavy atom. The standard InChI is InChI=1S/C19H16NO3/c1-13-6-7-14-4-2-3-5-16(14)20(13)11-17(21)15-8-9-18-19(10-15)23-12-22-18/h2-10H,11-12H2,1H3/q+1. The van der Waals surface area contributed by atoms with Crippen molar-refractivity contribution in [3.63, 3.8) is 0 Å². The van der Waals surface area contributed by atoms with Crippen LogP contribution in [-0.2, 0) is 6.54 Å². The number of hydrogen-bond acceptors (Lipinski definition) is 3. The summed E-state index contributed by atoms with van der Waals surface area (Å²) in [5.41, 5.74) is 2.74. The largest absolute Gasteiger partial charge is 0.454 e. The third-order valence-corrected chi connectivity index (χ3v) is 4.15. The average molecular weight is 306 g/mol. The number of ether oxygens (including phenoxy) is 2. The molecule has 0 N–H and O–H groups in total. The SMILES string of the molecule is Cc1ccc2ccccc2[n+]1CC(=O)c1ccc2c(c1)OCO2. The summed E-state index contributed by atoms with van der Waals surface area (Å²) in [6, 6.07) is 17.5. The van der Waals surface area contributed by atoms with Crippen LogP contribution in [0.4, 0.5) is 0 Å². The molecular weight excluding hydrogens is 290 g/mol. The van der Waals surface area contributed by atoms with Gasteiger partial charge in [-0.3, -0.25) is 4.79 Å². The lowest BCUT2D eigenvalue weighted by molar-refractivity contribution is -0.663. The van der Waals surface area contributed by atoms with Gasteiger partial charge in [0, 0.05) is 30.0 Å². The van der Waals surface area contributed by atoms with E-state index in [0.29, 0.717) is 23.6 Å². The number of ketones is 1. The highest BCUT2D eigenvalue weighted by Crippen LogP contribution is 2.32. The number of rotatable bonds is 3. The lowest BCUT2D eigenvalue weighted by Crippen LogP contribution is -2.41. The maximum atomic E-state index is 12.7. The molecule has 0 spiro atoms. The molecule has 2 heterocycles. The summed E-state index contributed by atoms with van der Waals surface area (Å²) < 4.78 is 12.7. The molecule has 1 aromatic heterocycles. The highest BCUT2D eigenvalue weighted by Gasteiger charge is 2.21. The number of aromatic nitrogens is 1. The maximum absolute atomic E-state index is 12.7. The van der Waals surface area contributed by atoms with Crippen LogP contribution in [0.5, 0.6) is 11.5 Å². The van der Waals surface area contributed by atoms with E-state index in [0.717, 1.165) is 16.6 Å². The highest BCUT2D eigenvalue weighted by atomic mass is 16.7. The molecule has 0 amide bonds. The Morgan fingerprint density at radius 2 is 1.87 bits per heavy atom. The second kappa shape index (κ2) is 5.39. The van der Waals surface area contributed by atoms with Crippen molar-refractivity contribution in [2.45, 2.75) is 13.5 Å². The maximum Gasteiger partial charge on any atom is 0.231 e. The van der Waals surface area contributed by atoms with E-state index < -0.39 is 0 Å². The van der Waals surface area contributed by atoms with Crippen LogP contribution in [0, 0.1) is 6.92 Å². The van der Waals surface area contributed by atoms with Gasteiger partial charge in [0.2, 0.25) is 24.6 Å². The van der Waals surface area contributed by atoms with Gasteiger partial charge in [-0.05, 0) is 30.3 Å². The third kappa shape index (κ3) is 2.42. The number of para-hydroxylation sites is 1. The van der Waals surface area contributed by atoms with Crippen molar-refractivity contribution in [1.29, 1.82) is 0 Å². The van der Waals surface area contributed by atoms with Crippen LogP contribution in [0.15, 0.2) is 54.6 Å². The Bertz CT molecular complexity index is 918. The summed E-state index contributed by atoms with van der Waals surface area (Å²) in [5, 5.41) is 1.12. The first-order chi connectivity index (χ1) is 11.2. The Balaban J connectivity index is 1.70. The Kier molecular flexibility index (Phi) is 3.23. The van der Waals surface area contributed by atoms with Crippen molar-refractivity contribution in [2.75, 3.05) is 6.79 Å². The van der Waals surface area contributed by atoms with Crippen LogP contribution in [0.2, 0.25) is 0 Å². The van der Waals surface area contributed by atoms with Gasteiger partial charge < -0.3 is 9.47 Å². The van der Waals surface area contributed by atoms with Gasteiger partial charge in [-0.15, -0.1) is 0 Å². The minimum absolute atomic E-state index is 0.0488. The van der Waals surface area contributed by atoms with Crippen LogP contribution in [-0.4, -0.2) is 12.6 Å². The summed E-state index contributed by atoms with van der Waals surface area (Å²) in [7, 11) is 0. The average Bonchev–Trinajstić information content (AvgIpc) is 3.05. The van der Waals surface area contributed by atoms with Crippen LogP contribution in [0.25, 0.3) is 10.9 Å². The number of pyridine rings is 1. The predicted octanol–water partition coefficient (Wildman–Crippen LogP) is 3.05. The highest BCUT2D eigenvalue weighted by molar-refractivity contribution is 5.96. The van der Waals surface area contributed by atoms with E-state index in [2.05, 4.69) is 12.1 Å². The van der Waals surface area contributed by atoms with Gasteiger partial charge in [0.05, 0.1) is 0 Å². The summed E-state index contributed by atoms with van der Waals surface area (Å²) in [4.78, 5) is 12.7. The van der Waals surface area contributed by atoms with Gasteiger partial charge in [0.1, 0.15) is 0 Å². The zero-order chi connectivity index (χ0) is 15.8. The molecule has 1 aliphatic rings. The van der Waals surface area contributed by atoms with Crippen molar-refractivity contribution < 1.29 is 18.8 Å². The van der Waals surface area contributed by atoms with E-state index in [4.69, 9.17) is 9.47 Å². The number of fused-ring (bicyclic) bond motifs is 2. The van der Waals surface area contributed by atoms with Gasteiger partial charge in [0.25, 0.3) is 0 Å². The van der Waals surface area contributed by atoms with Crippen LogP contribution < -0.4 is 14.0 Å². The lowest BCUT2D eigenvalue weighted by atomic mass is 10.1. The van der Waals surface area contributed by atoms with Crippen molar-refractivity contribution in [1.82, 2.24) is 0 Å². The number of nitrogens with zero attached hydrogens (tertiary/aromatic N) is 1. The molecule has 23 heavy (non-hydrogen) atoms. The van der Waals surface area contributed by atoms with E-state index in [1.807, 2.05) is 35.8 Å². The van der Waals surface area contributed by atoms with Gasteiger partial charge in [-0.1, -0.05) is 12.1 Å². The third-order valence-electron chi connectivity index (χ3n) is 4.15. The minimum Gasteiger partial charge on any atom is -0.454 e. The normalized spacial score (nSPS) is 12.6. The Morgan fingerprint density at radius 1 is 1.04 bits per heavy atom. The van der Waals surface area contributed by atoms with E-state index in [-0.39, 0.29) is 12.6 Å². The van der Waals surface area contributed by atoms with E-state index in [1.165, 1.54) is 0 Å². The van der Waals surface area contributed by atoms with Gasteiger partial charge in [-0.25, -0.2) is 0 Å². The van der Waals surface area contributed by atoms with Gasteiger partial charge >= 0.3 is 0 Å². The Hall–Kier alpha value is -2.88.